The second kappa shape index (κ2) is 10.9. The number of halogens is 2. The van der Waals surface area contributed by atoms with Gasteiger partial charge >= 0.3 is 5.97 Å². The number of hydrogen-bond donors (Lipinski definition) is 2. The lowest BCUT2D eigenvalue weighted by Gasteiger charge is -2.16. The molecule has 1 unspecified atom stereocenters. The van der Waals surface area contributed by atoms with Crippen molar-refractivity contribution < 1.29 is 24.2 Å². The van der Waals surface area contributed by atoms with E-state index in [1.165, 1.54) is 0 Å². The Morgan fingerprint density at radius 1 is 1.00 bits per heavy atom. The van der Waals surface area contributed by atoms with Gasteiger partial charge in [-0.2, -0.15) is 0 Å². The molecule has 156 valence electrons. The van der Waals surface area contributed by atoms with Gasteiger partial charge in [0.05, 0.1) is 30.7 Å². The zero-order valence-electron chi connectivity index (χ0n) is 16.2. The van der Waals surface area contributed by atoms with Gasteiger partial charge in [0.1, 0.15) is 11.5 Å². The van der Waals surface area contributed by atoms with Crippen molar-refractivity contribution in [1.29, 1.82) is 0 Å². The van der Waals surface area contributed by atoms with Crippen molar-refractivity contribution in [2.45, 2.75) is 25.2 Å². The molecule has 1 atom stereocenters. The number of hydrogen-bond acceptors (Lipinski definition) is 4. The van der Waals surface area contributed by atoms with Gasteiger partial charge in [-0.25, -0.2) is 0 Å². The molecule has 6 nitrogen and oxygen atoms in total. The number of amides is 1. The Balaban J connectivity index is 1.98. The van der Waals surface area contributed by atoms with E-state index in [-0.39, 0.29) is 18.7 Å². The molecule has 0 bridgehead atoms. The summed E-state index contributed by atoms with van der Waals surface area (Å²) in [5.74, 6) is -0.382. The molecule has 0 saturated carbocycles. The maximum absolute atomic E-state index is 12.4. The molecule has 2 N–H and O–H groups in total. The fourth-order valence-corrected chi connectivity index (χ4v) is 3.24. The van der Waals surface area contributed by atoms with E-state index in [2.05, 4.69) is 5.32 Å². The summed E-state index contributed by atoms with van der Waals surface area (Å²) in [6, 6.07) is 10.4. The lowest BCUT2D eigenvalue weighted by atomic mass is 9.92. The van der Waals surface area contributed by atoms with Crippen molar-refractivity contribution >= 4 is 35.1 Å². The first kappa shape index (κ1) is 22.8. The fraction of sp³-hybridized carbons (Fsp3) is 0.333. The summed E-state index contributed by atoms with van der Waals surface area (Å²) in [6.45, 7) is 0.399. The Labute approximate surface area is 179 Å². The molecule has 0 aliphatic rings. The minimum absolute atomic E-state index is 0.0334. The van der Waals surface area contributed by atoms with Gasteiger partial charge in [0.25, 0.3) is 0 Å². The molecule has 29 heavy (non-hydrogen) atoms. The van der Waals surface area contributed by atoms with Crippen molar-refractivity contribution in [2.75, 3.05) is 20.8 Å². The van der Waals surface area contributed by atoms with Gasteiger partial charge < -0.3 is 19.9 Å². The van der Waals surface area contributed by atoms with Crippen LogP contribution in [0.15, 0.2) is 36.4 Å². The highest BCUT2D eigenvalue weighted by Gasteiger charge is 2.20. The maximum atomic E-state index is 12.4. The van der Waals surface area contributed by atoms with Crippen LogP contribution in [0, 0.1) is 0 Å². The smallest absolute Gasteiger partial charge is 0.303 e. The van der Waals surface area contributed by atoms with Gasteiger partial charge in [0.15, 0.2) is 0 Å². The van der Waals surface area contributed by atoms with E-state index in [1.807, 2.05) is 12.1 Å². The minimum atomic E-state index is -0.989. The van der Waals surface area contributed by atoms with Crippen LogP contribution in [-0.2, 0) is 16.0 Å². The number of nitrogens with one attached hydrogen (secondary N) is 1. The third-order valence-corrected chi connectivity index (χ3v) is 5.15. The molecule has 0 heterocycles. The number of carboxylic acid groups (broad SMARTS) is 1. The average molecular weight is 440 g/mol. The highest BCUT2D eigenvalue weighted by molar-refractivity contribution is 6.42. The van der Waals surface area contributed by atoms with Gasteiger partial charge in [-0.15, -0.1) is 0 Å². The number of carbonyl (C=O) groups excluding carboxylic acids is 1. The zero-order chi connectivity index (χ0) is 21.4. The van der Waals surface area contributed by atoms with Crippen LogP contribution in [-0.4, -0.2) is 37.7 Å². The summed E-state index contributed by atoms with van der Waals surface area (Å²) in [7, 11) is 3.15. The Morgan fingerprint density at radius 3 is 2.21 bits per heavy atom. The van der Waals surface area contributed by atoms with Gasteiger partial charge in [0, 0.05) is 24.9 Å². The first-order valence-corrected chi connectivity index (χ1v) is 9.73. The van der Waals surface area contributed by atoms with Crippen molar-refractivity contribution in [3.63, 3.8) is 0 Å². The molecule has 0 spiro atoms. The largest absolute Gasteiger partial charge is 0.497 e. The normalized spacial score (nSPS) is 11.6. The molecule has 2 aromatic carbocycles. The highest BCUT2D eigenvalue weighted by atomic mass is 35.5. The Bertz CT molecular complexity index is 850. The van der Waals surface area contributed by atoms with Crippen molar-refractivity contribution in [1.82, 2.24) is 5.32 Å². The third-order valence-electron chi connectivity index (χ3n) is 4.41. The molecule has 0 aliphatic heterocycles. The Morgan fingerprint density at radius 2 is 1.66 bits per heavy atom. The van der Waals surface area contributed by atoms with Gasteiger partial charge in [-0.05, 0) is 41.8 Å². The second-order valence-electron chi connectivity index (χ2n) is 6.49. The Hall–Kier alpha value is -2.44. The van der Waals surface area contributed by atoms with Crippen LogP contribution in [0.25, 0.3) is 0 Å². The summed E-state index contributed by atoms with van der Waals surface area (Å²) < 4.78 is 10.5. The predicted molar refractivity (Wildman–Crippen MR) is 112 cm³/mol. The number of aliphatic carboxylic acids is 1. The van der Waals surface area contributed by atoms with Gasteiger partial charge in [-0.1, -0.05) is 29.3 Å². The van der Waals surface area contributed by atoms with Gasteiger partial charge in [-0.3, -0.25) is 9.59 Å². The number of rotatable bonds is 10. The molecule has 8 heteroatoms. The molecule has 0 aliphatic carbocycles. The number of ether oxygens (including phenoxy) is 2. The summed E-state index contributed by atoms with van der Waals surface area (Å²) >= 11 is 12.0. The van der Waals surface area contributed by atoms with Crippen LogP contribution in [0.4, 0.5) is 0 Å². The summed E-state index contributed by atoms with van der Waals surface area (Å²) in [6.07, 6.45) is 0.430. The number of carbonyl (C=O) groups is 2. The molecule has 0 fully saturated rings. The minimum Gasteiger partial charge on any atom is -0.497 e. The van der Waals surface area contributed by atoms with E-state index >= 15 is 0 Å². The number of benzene rings is 2. The van der Waals surface area contributed by atoms with E-state index in [4.69, 9.17) is 32.7 Å². The zero-order valence-corrected chi connectivity index (χ0v) is 17.7. The first-order chi connectivity index (χ1) is 13.8. The molecule has 2 aromatic rings. The second-order valence-corrected chi connectivity index (χ2v) is 7.31. The standard InChI is InChI=1S/C21H23Cl2NO5/c1-28-16-7-13(8-17(12-16)29-2)5-6-24-20(25)10-15(11-21(26)27)14-3-4-18(22)19(23)9-14/h3-4,7-9,12,15H,5-6,10-11H2,1-2H3,(H,24,25)(H,26,27). The lowest BCUT2D eigenvalue weighted by molar-refractivity contribution is -0.137. The predicted octanol–water partition coefficient (Wildman–Crippen LogP) is 4.32. The molecule has 0 radical (unpaired) electrons. The van der Waals surface area contributed by atoms with E-state index < -0.39 is 11.9 Å². The van der Waals surface area contributed by atoms with Crippen LogP contribution < -0.4 is 14.8 Å². The van der Waals surface area contributed by atoms with Gasteiger partial charge in [0.2, 0.25) is 5.91 Å². The van der Waals surface area contributed by atoms with Crippen LogP contribution in [0.2, 0.25) is 10.0 Å². The van der Waals surface area contributed by atoms with Crippen LogP contribution >= 0.6 is 23.2 Å². The first-order valence-electron chi connectivity index (χ1n) is 8.97. The summed E-state index contributed by atoms with van der Waals surface area (Å²) in [4.78, 5) is 23.6. The van der Waals surface area contributed by atoms with Crippen molar-refractivity contribution in [2.24, 2.45) is 0 Å². The monoisotopic (exact) mass is 439 g/mol. The molecule has 1 amide bonds. The van der Waals surface area contributed by atoms with Crippen LogP contribution in [0.3, 0.4) is 0 Å². The highest BCUT2D eigenvalue weighted by Crippen LogP contribution is 2.30. The van der Waals surface area contributed by atoms with Crippen LogP contribution in [0.5, 0.6) is 11.5 Å². The fourth-order valence-electron chi connectivity index (χ4n) is 2.94. The maximum Gasteiger partial charge on any atom is 0.303 e. The third kappa shape index (κ3) is 7.15. The molecule has 2 rings (SSSR count). The Kier molecular flexibility index (Phi) is 8.61. The quantitative estimate of drug-likeness (QED) is 0.575. The molecular weight excluding hydrogens is 417 g/mol. The average Bonchev–Trinajstić information content (AvgIpc) is 2.68. The summed E-state index contributed by atoms with van der Waals surface area (Å²) in [5.41, 5.74) is 1.61. The summed E-state index contributed by atoms with van der Waals surface area (Å²) in [5, 5.41) is 12.7. The molecular formula is C21H23Cl2NO5. The molecule has 0 saturated heterocycles. The van der Waals surface area contributed by atoms with E-state index in [1.54, 1.807) is 38.5 Å². The van der Waals surface area contributed by atoms with E-state index in [0.717, 1.165) is 5.56 Å². The number of methoxy groups -OCH3 is 2. The van der Waals surface area contributed by atoms with E-state index in [0.29, 0.717) is 40.1 Å². The SMILES string of the molecule is COc1cc(CCNC(=O)CC(CC(=O)O)c2ccc(Cl)c(Cl)c2)cc(OC)c1. The number of carboxylic acids is 1. The topological polar surface area (TPSA) is 84.9 Å². The van der Waals surface area contributed by atoms with Crippen molar-refractivity contribution in [3.8, 4) is 11.5 Å². The molecule has 0 aromatic heterocycles. The van der Waals surface area contributed by atoms with Crippen LogP contribution in [0.1, 0.15) is 29.9 Å². The lowest BCUT2D eigenvalue weighted by Crippen LogP contribution is -2.27. The van der Waals surface area contributed by atoms with Crippen molar-refractivity contribution in [3.05, 3.63) is 57.6 Å². The van der Waals surface area contributed by atoms with E-state index in [9.17, 15) is 14.7 Å².